The van der Waals surface area contributed by atoms with Gasteiger partial charge in [-0.1, -0.05) is 36.1 Å². The molecule has 170 valence electrons. The third-order valence-electron chi connectivity index (χ3n) is 5.47. The fraction of sp³-hybridized carbons (Fsp3) is 0.172. The van der Waals surface area contributed by atoms with E-state index in [9.17, 15) is 13.2 Å². The van der Waals surface area contributed by atoms with E-state index in [0.717, 1.165) is 29.2 Å². The van der Waals surface area contributed by atoms with E-state index in [1.54, 1.807) is 36.7 Å². The number of rotatable bonds is 6. The second kappa shape index (κ2) is 10.8. The van der Waals surface area contributed by atoms with Gasteiger partial charge in [0.25, 0.3) is 0 Å². The average molecular weight is 457 g/mol. The Kier molecular flexibility index (Phi) is 7.39. The molecule has 0 aliphatic carbocycles. The van der Waals surface area contributed by atoms with Crippen molar-refractivity contribution in [3.63, 3.8) is 0 Å². The first kappa shape index (κ1) is 23.3. The Morgan fingerprint density at radius 3 is 2.21 bits per heavy atom. The molecular formula is C29H23F3N2. The largest absolute Gasteiger partial charge is 0.241 e. The Hall–Kier alpha value is -3.91. The zero-order valence-corrected chi connectivity index (χ0v) is 18.8. The second-order valence-electron chi connectivity index (χ2n) is 8.01. The summed E-state index contributed by atoms with van der Waals surface area (Å²) in [6.45, 7) is 1.99. The normalized spacial score (nSPS) is 11.1. The Morgan fingerprint density at radius 1 is 0.765 bits per heavy atom. The van der Waals surface area contributed by atoms with E-state index in [4.69, 9.17) is 0 Å². The van der Waals surface area contributed by atoms with Crippen LogP contribution in [0.4, 0.5) is 13.2 Å². The highest BCUT2D eigenvalue weighted by atomic mass is 19.1. The molecule has 0 radical (unpaired) electrons. The molecule has 3 aromatic carbocycles. The summed E-state index contributed by atoms with van der Waals surface area (Å²) >= 11 is 0. The zero-order chi connectivity index (χ0) is 23.9. The topological polar surface area (TPSA) is 25.8 Å². The van der Waals surface area contributed by atoms with Gasteiger partial charge in [-0.15, -0.1) is 0 Å². The molecule has 0 unspecified atom stereocenters. The summed E-state index contributed by atoms with van der Waals surface area (Å²) in [5.41, 5.74) is 1.90. The van der Waals surface area contributed by atoms with Gasteiger partial charge in [0.05, 0.1) is 5.56 Å². The van der Waals surface area contributed by atoms with Crippen molar-refractivity contribution in [3.05, 3.63) is 119 Å². The molecule has 0 aliphatic heterocycles. The molecule has 2 nitrogen and oxygen atoms in total. The number of aromatic nitrogens is 2. The average Bonchev–Trinajstić information content (AvgIpc) is 2.83. The lowest BCUT2D eigenvalue weighted by Crippen LogP contribution is -2.01. The van der Waals surface area contributed by atoms with Crippen LogP contribution < -0.4 is 0 Å². The molecular weight excluding hydrogens is 433 g/mol. The van der Waals surface area contributed by atoms with E-state index in [2.05, 4.69) is 27.9 Å². The molecule has 4 rings (SSSR count). The maximum Gasteiger partial charge on any atom is 0.142 e. The Morgan fingerprint density at radius 2 is 1.47 bits per heavy atom. The van der Waals surface area contributed by atoms with Gasteiger partial charge in [0.2, 0.25) is 0 Å². The van der Waals surface area contributed by atoms with E-state index < -0.39 is 11.6 Å². The van der Waals surface area contributed by atoms with Crippen molar-refractivity contribution in [2.45, 2.75) is 32.6 Å². The van der Waals surface area contributed by atoms with Crippen LogP contribution in [0.5, 0.6) is 0 Å². The molecule has 0 fully saturated rings. The van der Waals surface area contributed by atoms with E-state index in [1.165, 1.54) is 24.3 Å². The molecule has 34 heavy (non-hydrogen) atoms. The Balaban J connectivity index is 1.44. The Labute approximate surface area is 197 Å². The van der Waals surface area contributed by atoms with Crippen LogP contribution in [0.3, 0.4) is 0 Å². The standard InChI is InChI=1S/C29H23F3N2/c1-2-3-4-5-22-18-33-29(34-19-22)13-8-21-15-27(31)26(28(32)16-21)12-7-20-6-9-24-17-25(30)11-10-23(24)14-20/h2-3,6,9-11,14-19H,4-5,8,13H2,1H3/b3-2+. The van der Waals surface area contributed by atoms with E-state index in [1.807, 2.05) is 13.0 Å². The molecule has 0 bridgehead atoms. The van der Waals surface area contributed by atoms with Gasteiger partial charge in [-0.2, -0.15) is 0 Å². The number of hydrogen-bond donors (Lipinski definition) is 0. The SMILES string of the molecule is C/C=C/CCc1cnc(CCc2cc(F)c(C#Cc3ccc4cc(F)ccc4c3)c(F)c2)nc1. The van der Waals surface area contributed by atoms with Crippen LogP contribution in [0.15, 0.2) is 73.1 Å². The van der Waals surface area contributed by atoms with Gasteiger partial charge >= 0.3 is 0 Å². The second-order valence-corrected chi connectivity index (χ2v) is 8.01. The van der Waals surface area contributed by atoms with Gasteiger partial charge < -0.3 is 0 Å². The molecule has 0 aliphatic rings. The number of nitrogens with zero attached hydrogens (tertiary/aromatic N) is 2. The summed E-state index contributed by atoms with van der Waals surface area (Å²) in [7, 11) is 0. The molecule has 5 heteroatoms. The molecule has 0 atom stereocenters. The molecule has 0 amide bonds. The van der Waals surface area contributed by atoms with Gasteiger partial charge in [0.15, 0.2) is 0 Å². The van der Waals surface area contributed by atoms with Crippen LogP contribution in [0.1, 0.15) is 41.4 Å². The Bertz CT molecular complexity index is 1370. The molecule has 0 saturated heterocycles. The lowest BCUT2D eigenvalue weighted by atomic mass is 10.0. The molecule has 1 aromatic heterocycles. The van der Waals surface area contributed by atoms with Crippen molar-refractivity contribution in [2.75, 3.05) is 0 Å². The lowest BCUT2D eigenvalue weighted by Gasteiger charge is -2.05. The lowest BCUT2D eigenvalue weighted by molar-refractivity contribution is 0.573. The summed E-state index contributed by atoms with van der Waals surface area (Å²) < 4.78 is 42.6. The summed E-state index contributed by atoms with van der Waals surface area (Å²) in [5.74, 6) is 4.31. The summed E-state index contributed by atoms with van der Waals surface area (Å²) in [5, 5.41) is 1.54. The van der Waals surface area contributed by atoms with Crippen molar-refractivity contribution in [2.24, 2.45) is 0 Å². The molecule has 0 spiro atoms. The predicted octanol–water partition coefficient (Wildman–Crippen LogP) is 6.74. The van der Waals surface area contributed by atoms with Gasteiger partial charge in [0.1, 0.15) is 23.3 Å². The maximum atomic E-state index is 14.6. The first-order chi connectivity index (χ1) is 16.5. The highest BCUT2D eigenvalue weighted by Crippen LogP contribution is 2.19. The van der Waals surface area contributed by atoms with Crippen molar-refractivity contribution < 1.29 is 13.2 Å². The van der Waals surface area contributed by atoms with Gasteiger partial charge in [-0.3, -0.25) is 0 Å². The minimum Gasteiger partial charge on any atom is -0.241 e. The summed E-state index contributed by atoms with van der Waals surface area (Å²) in [6.07, 6.45) is 10.4. The van der Waals surface area contributed by atoms with Crippen molar-refractivity contribution in [1.29, 1.82) is 0 Å². The van der Waals surface area contributed by atoms with Crippen LogP contribution in [0.25, 0.3) is 10.8 Å². The molecule has 0 saturated carbocycles. The fourth-order valence-electron chi connectivity index (χ4n) is 3.63. The van der Waals surface area contributed by atoms with E-state index in [-0.39, 0.29) is 11.4 Å². The quantitative estimate of drug-likeness (QED) is 0.237. The molecule has 1 heterocycles. The van der Waals surface area contributed by atoms with Crippen LogP contribution in [-0.2, 0) is 19.3 Å². The van der Waals surface area contributed by atoms with Crippen LogP contribution in [0.2, 0.25) is 0 Å². The number of hydrogen-bond acceptors (Lipinski definition) is 2. The number of aryl methyl sites for hydroxylation is 3. The highest BCUT2D eigenvalue weighted by Gasteiger charge is 2.10. The van der Waals surface area contributed by atoms with Crippen molar-refractivity contribution in [1.82, 2.24) is 9.97 Å². The minimum absolute atomic E-state index is 0.273. The van der Waals surface area contributed by atoms with Crippen LogP contribution >= 0.6 is 0 Å². The minimum atomic E-state index is -0.703. The van der Waals surface area contributed by atoms with Crippen molar-refractivity contribution in [3.8, 4) is 11.8 Å². The third kappa shape index (κ3) is 5.90. The number of allylic oxidation sites excluding steroid dienone is 2. The smallest absolute Gasteiger partial charge is 0.142 e. The van der Waals surface area contributed by atoms with Gasteiger partial charge in [-0.25, -0.2) is 23.1 Å². The van der Waals surface area contributed by atoms with Gasteiger partial charge in [0, 0.05) is 24.4 Å². The van der Waals surface area contributed by atoms with Crippen molar-refractivity contribution >= 4 is 10.8 Å². The van der Waals surface area contributed by atoms with Crippen LogP contribution in [0, 0.1) is 29.3 Å². The highest BCUT2D eigenvalue weighted by molar-refractivity contribution is 5.84. The van der Waals surface area contributed by atoms with E-state index >= 15 is 0 Å². The summed E-state index contributed by atoms with van der Waals surface area (Å²) in [4.78, 5) is 8.72. The van der Waals surface area contributed by atoms with Crippen LogP contribution in [-0.4, -0.2) is 9.97 Å². The molecule has 0 N–H and O–H groups in total. The summed E-state index contributed by atoms with van der Waals surface area (Å²) in [6, 6.07) is 12.2. The predicted molar refractivity (Wildman–Crippen MR) is 129 cm³/mol. The monoisotopic (exact) mass is 456 g/mol. The number of benzene rings is 3. The first-order valence-corrected chi connectivity index (χ1v) is 11.1. The van der Waals surface area contributed by atoms with E-state index in [0.29, 0.717) is 29.8 Å². The first-order valence-electron chi connectivity index (χ1n) is 11.1. The van der Waals surface area contributed by atoms with Gasteiger partial charge in [-0.05, 0) is 84.5 Å². The maximum absolute atomic E-state index is 14.6. The fourth-order valence-corrected chi connectivity index (χ4v) is 3.63. The number of halogens is 3. The zero-order valence-electron chi connectivity index (χ0n) is 18.8. The number of fused-ring (bicyclic) bond motifs is 1. The molecule has 4 aromatic rings. The third-order valence-corrected chi connectivity index (χ3v) is 5.47.